The van der Waals surface area contributed by atoms with Crippen molar-refractivity contribution in [1.82, 2.24) is 10.0 Å². The molecule has 1 atom stereocenters. The molecular formula is C9H16N2O4S. The van der Waals surface area contributed by atoms with Gasteiger partial charge < -0.3 is 14.8 Å². The van der Waals surface area contributed by atoms with Crippen molar-refractivity contribution < 1.29 is 17.9 Å². The standard InChI is InChI=1S/C9H16N2O4S/c1-7(6-12)11-5-8-3-4-9(15-8)16(13,14)10-2/h3-4,7,10-12H,5-6H2,1-2H3/t7-/m1/s1. The second-order valence-corrected chi connectivity index (χ2v) is 5.21. The van der Waals surface area contributed by atoms with Crippen LogP contribution in [0.2, 0.25) is 0 Å². The van der Waals surface area contributed by atoms with Crippen LogP contribution >= 0.6 is 0 Å². The third-order valence-corrected chi connectivity index (χ3v) is 3.36. The van der Waals surface area contributed by atoms with Gasteiger partial charge in [-0.3, -0.25) is 0 Å². The summed E-state index contributed by atoms with van der Waals surface area (Å²) in [6.07, 6.45) is 0. The van der Waals surface area contributed by atoms with E-state index < -0.39 is 10.0 Å². The SMILES string of the molecule is CNS(=O)(=O)c1ccc(CN[C@H](C)CO)o1. The van der Waals surface area contributed by atoms with Crippen LogP contribution in [0.3, 0.4) is 0 Å². The van der Waals surface area contributed by atoms with Gasteiger partial charge in [-0.15, -0.1) is 0 Å². The second-order valence-electron chi connectivity index (χ2n) is 3.39. The zero-order chi connectivity index (χ0) is 12.2. The first-order valence-corrected chi connectivity index (χ1v) is 6.34. The quantitative estimate of drug-likeness (QED) is 0.640. The summed E-state index contributed by atoms with van der Waals surface area (Å²) in [7, 11) is -2.19. The molecule has 3 N–H and O–H groups in total. The van der Waals surface area contributed by atoms with Gasteiger partial charge in [-0.25, -0.2) is 13.1 Å². The summed E-state index contributed by atoms with van der Waals surface area (Å²) < 4.78 is 30.0. The molecular weight excluding hydrogens is 232 g/mol. The third-order valence-electron chi connectivity index (χ3n) is 2.07. The Morgan fingerprint density at radius 2 is 2.19 bits per heavy atom. The number of sulfonamides is 1. The Morgan fingerprint density at radius 1 is 1.50 bits per heavy atom. The van der Waals surface area contributed by atoms with Crippen LogP contribution in [0.15, 0.2) is 21.6 Å². The maximum Gasteiger partial charge on any atom is 0.273 e. The summed E-state index contributed by atoms with van der Waals surface area (Å²) in [4.78, 5) is 0. The molecule has 0 aliphatic rings. The highest BCUT2D eigenvalue weighted by atomic mass is 32.2. The van der Waals surface area contributed by atoms with Gasteiger partial charge in [0.15, 0.2) is 0 Å². The molecule has 0 fully saturated rings. The van der Waals surface area contributed by atoms with E-state index in [9.17, 15) is 8.42 Å². The number of hydrogen-bond acceptors (Lipinski definition) is 5. The molecule has 7 heteroatoms. The Bertz CT molecular complexity index is 426. The maximum atomic E-state index is 11.3. The van der Waals surface area contributed by atoms with E-state index in [2.05, 4.69) is 10.0 Å². The molecule has 0 saturated heterocycles. The summed E-state index contributed by atoms with van der Waals surface area (Å²) in [5.41, 5.74) is 0. The molecule has 6 nitrogen and oxygen atoms in total. The van der Waals surface area contributed by atoms with Crippen LogP contribution in [-0.2, 0) is 16.6 Å². The predicted octanol–water partition coefficient (Wildman–Crippen LogP) is -0.342. The van der Waals surface area contributed by atoms with E-state index >= 15 is 0 Å². The number of hydrogen-bond donors (Lipinski definition) is 3. The van der Waals surface area contributed by atoms with Gasteiger partial charge in [-0.1, -0.05) is 0 Å². The molecule has 0 saturated carbocycles. The third kappa shape index (κ3) is 3.31. The van der Waals surface area contributed by atoms with Crippen LogP contribution in [-0.4, -0.2) is 33.2 Å². The number of nitrogens with one attached hydrogen (secondary N) is 2. The normalized spacial score (nSPS) is 13.9. The fourth-order valence-corrected chi connectivity index (χ4v) is 1.70. The minimum absolute atomic E-state index is 0.0162. The highest BCUT2D eigenvalue weighted by molar-refractivity contribution is 7.89. The highest BCUT2D eigenvalue weighted by Crippen LogP contribution is 2.13. The molecule has 0 bridgehead atoms. The van der Waals surface area contributed by atoms with Crippen LogP contribution in [0.5, 0.6) is 0 Å². The van der Waals surface area contributed by atoms with Crippen LogP contribution in [0.4, 0.5) is 0 Å². The van der Waals surface area contributed by atoms with Gasteiger partial charge in [0.2, 0.25) is 5.09 Å². The minimum atomic E-state index is -3.52. The Labute approximate surface area is 94.7 Å². The molecule has 0 aromatic carbocycles. The van der Waals surface area contributed by atoms with Gasteiger partial charge in [0.25, 0.3) is 10.0 Å². The topological polar surface area (TPSA) is 91.6 Å². The van der Waals surface area contributed by atoms with Crippen molar-refractivity contribution in [2.75, 3.05) is 13.7 Å². The first-order valence-electron chi connectivity index (χ1n) is 4.86. The molecule has 0 spiro atoms. The van der Waals surface area contributed by atoms with Gasteiger partial charge in [-0.05, 0) is 26.1 Å². The van der Waals surface area contributed by atoms with Crippen molar-refractivity contribution in [3.8, 4) is 0 Å². The molecule has 1 aromatic rings. The largest absolute Gasteiger partial charge is 0.447 e. The van der Waals surface area contributed by atoms with E-state index in [1.54, 1.807) is 6.07 Å². The zero-order valence-corrected chi connectivity index (χ0v) is 10.0. The Balaban J connectivity index is 2.66. The van der Waals surface area contributed by atoms with E-state index in [-0.39, 0.29) is 17.7 Å². The van der Waals surface area contributed by atoms with Crippen LogP contribution in [0, 0.1) is 0 Å². The molecule has 0 amide bonds. The summed E-state index contributed by atoms with van der Waals surface area (Å²) in [5.74, 6) is 0.508. The van der Waals surface area contributed by atoms with Crippen molar-refractivity contribution in [1.29, 1.82) is 0 Å². The van der Waals surface area contributed by atoms with Crippen molar-refractivity contribution in [3.05, 3.63) is 17.9 Å². The fourth-order valence-electron chi connectivity index (χ4n) is 1.04. The lowest BCUT2D eigenvalue weighted by Gasteiger charge is -2.08. The van der Waals surface area contributed by atoms with Crippen molar-refractivity contribution in [2.45, 2.75) is 24.6 Å². The first kappa shape index (κ1) is 13.2. The van der Waals surface area contributed by atoms with E-state index in [1.807, 2.05) is 6.92 Å². The van der Waals surface area contributed by atoms with E-state index in [0.29, 0.717) is 12.3 Å². The van der Waals surface area contributed by atoms with Crippen LogP contribution in [0.1, 0.15) is 12.7 Å². The fraction of sp³-hybridized carbons (Fsp3) is 0.556. The molecule has 1 heterocycles. The van der Waals surface area contributed by atoms with Crippen molar-refractivity contribution >= 4 is 10.0 Å². The van der Waals surface area contributed by atoms with E-state index in [1.165, 1.54) is 13.1 Å². The molecule has 0 radical (unpaired) electrons. The van der Waals surface area contributed by atoms with Gasteiger partial charge in [-0.2, -0.15) is 0 Å². The smallest absolute Gasteiger partial charge is 0.273 e. The molecule has 92 valence electrons. The lowest BCUT2D eigenvalue weighted by atomic mass is 10.3. The lowest BCUT2D eigenvalue weighted by molar-refractivity contribution is 0.247. The van der Waals surface area contributed by atoms with Gasteiger partial charge in [0, 0.05) is 6.04 Å². The summed E-state index contributed by atoms with van der Waals surface area (Å²) >= 11 is 0. The number of aliphatic hydroxyl groups is 1. The molecule has 1 aromatic heterocycles. The number of aliphatic hydroxyl groups excluding tert-OH is 1. The monoisotopic (exact) mass is 248 g/mol. The average molecular weight is 248 g/mol. The van der Waals surface area contributed by atoms with Crippen molar-refractivity contribution in [3.63, 3.8) is 0 Å². The average Bonchev–Trinajstić information content (AvgIpc) is 2.75. The number of rotatable bonds is 6. The van der Waals surface area contributed by atoms with E-state index in [0.717, 1.165) is 0 Å². The van der Waals surface area contributed by atoms with Gasteiger partial charge >= 0.3 is 0 Å². The molecule has 1 rings (SSSR count). The second kappa shape index (κ2) is 5.44. The highest BCUT2D eigenvalue weighted by Gasteiger charge is 2.16. The molecule has 0 aliphatic carbocycles. The van der Waals surface area contributed by atoms with Crippen LogP contribution < -0.4 is 10.0 Å². The minimum Gasteiger partial charge on any atom is -0.447 e. The van der Waals surface area contributed by atoms with Crippen LogP contribution in [0.25, 0.3) is 0 Å². The molecule has 0 unspecified atom stereocenters. The van der Waals surface area contributed by atoms with Gasteiger partial charge in [0.1, 0.15) is 5.76 Å². The summed E-state index contributed by atoms with van der Waals surface area (Å²) in [5, 5.41) is 11.7. The predicted molar refractivity (Wildman–Crippen MR) is 58.3 cm³/mol. The Kier molecular flexibility index (Phi) is 4.48. The maximum absolute atomic E-state index is 11.3. The van der Waals surface area contributed by atoms with Gasteiger partial charge in [0.05, 0.1) is 13.2 Å². The first-order chi connectivity index (χ1) is 7.49. The Hall–Kier alpha value is -0.890. The zero-order valence-electron chi connectivity index (χ0n) is 9.23. The Morgan fingerprint density at radius 3 is 2.75 bits per heavy atom. The lowest BCUT2D eigenvalue weighted by Crippen LogP contribution is -2.28. The molecule has 0 aliphatic heterocycles. The number of furan rings is 1. The summed E-state index contributed by atoms with van der Waals surface area (Å²) in [6.45, 7) is 2.21. The van der Waals surface area contributed by atoms with E-state index in [4.69, 9.17) is 9.52 Å². The van der Waals surface area contributed by atoms with Crippen molar-refractivity contribution in [2.24, 2.45) is 0 Å². The molecule has 16 heavy (non-hydrogen) atoms. The summed E-state index contributed by atoms with van der Waals surface area (Å²) in [6, 6.07) is 2.92.